The van der Waals surface area contributed by atoms with E-state index in [1.165, 1.54) is 6.26 Å². The molecule has 0 aliphatic rings. The van der Waals surface area contributed by atoms with Gasteiger partial charge in [0.25, 0.3) is 0 Å². The fraction of sp³-hybridized carbons (Fsp3) is 0.364. The first-order valence-electron chi connectivity index (χ1n) is 4.87. The number of hydrogen-bond acceptors (Lipinski definition) is 4. The first-order chi connectivity index (χ1) is 7.51. The molecule has 0 spiro atoms. The molecule has 1 aromatic carbocycles. The molecule has 0 unspecified atom stereocenters. The molecule has 16 heavy (non-hydrogen) atoms. The topological polar surface area (TPSA) is 51.2 Å². The van der Waals surface area contributed by atoms with Crippen molar-refractivity contribution in [2.24, 2.45) is 0 Å². The van der Waals surface area contributed by atoms with Gasteiger partial charge in [-0.3, -0.25) is 4.79 Å². The number of carbonyl (C=O) groups excluding carboxylic acids is 1. The van der Waals surface area contributed by atoms with E-state index in [1.807, 2.05) is 12.1 Å². The second kappa shape index (κ2) is 6.06. The maximum absolute atomic E-state index is 10.9. The van der Waals surface area contributed by atoms with Gasteiger partial charge in [0.2, 0.25) is 0 Å². The Labute approximate surface area is 100 Å². The third kappa shape index (κ3) is 5.32. The lowest BCUT2D eigenvalue weighted by atomic mass is 10.2. The van der Waals surface area contributed by atoms with E-state index in [-0.39, 0.29) is 5.75 Å². The van der Waals surface area contributed by atoms with E-state index in [2.05, 4.69) is 0 Å². The van der Waals surface area contributed by atoms with Crippen LogP contribution in [0.3, 0.4) is 0 Å². The van der Waals surface area contributed by atoms with Gasteiger partial charge in [-0.05, 0) is 24.3 Å². The largest absolute Gasteiger partial charge is 0.298 e. The van der Waals surface area contributed by atoms with Crippen LogP contribution in [0.25, 0.3) is 0 Å². The highest BCUT2D eigenvalue weighted by Gasteiger charge is 2.01. The Morgan fingerprint density at radius 1 is 1.25 bits per heavy atom. The number of hydrogen-bond donors (Lipinski definition) is 0. The van der Waals surface area contributed by atoms with Crippen LogP contribution in [-0.2, 0) is 9.84 Å². The Morgan fingerprint density at radius 2 is 1.88 bits per heavy atom. The number of sulfone groups is 1. The molecule has 1 aromatic rings. The zero-order chi connectivity index (χ0) is 12.0. The molecular formula is C11H14O3S2. The van der Waals surface area contributed by atoms with E-state index in [0.717, 1.165) is 16.9 Å². The molecule has 0 heterocycles. The minimum Gasteiger partial charge on any atom is -0.298 e. The van der Waals surface area contributed by atoms with Crippen molar-refractivity contribution >= 4 is 27.9 Å². The normalized spacial score (nSPS) is 11.3. The van der Waals surface area contributed by atoms with Gasteiger partial charge in [-0.2, -0.15) is 0 Å². The van der Waals surface area contributed by atoms with Crippen LogP contribution in [-0.4, -0.2) is 32.5 Å². The van der Waals surface area contributed by atoms with Crippen LogP contribution in [0.2, 0.25) is 0 Å². The van der Waals surface area contributed by atoms with Gasteiger partial charge in [0.1, 0.15) is 16.1 Å². The van der Waals surface area contributed by atoms with E-state index < -0.39 is 9.84 Å². The monoisotopic (exact) mass is 258 g/mol. The van der Waals surface area contributed by atoms with Crippen LogP contribution in [0.15, 0.2) is 29.2 Å². The van der Waals surface area contributed by atoms with Crippen LogP contribution >= 0.6 is 11.8 Å². The summed E-state index contributed by atoms with van der Waals surface area (Å²) in [5.74, 6) is 1.000. The van der Waals surface area contributed by atoms with Crippen molar-refractivity contribution in [3.05, 3.63) is 29.8 Å². The maximum Gasteiger partial charge on any atom is 0.150 e. The SMILES string of the molecule is CS(=O)(=O)CCCSc1ccc(C=O)cc1. The van der Waals surface area contributed by atoms with Crippen LogP contribution in [0.5, 0.6) is 0 Å². The van der Waals surface area contributed by atoms with Crippen molar-refractivity contribution in [3.63, 3.8) is 0 Å². The zero-order valence-electron chi connectivity index (χ0n) is 9.05. The summed E-state index contributed by atoms with van der Waals surface area (Å²) >= 11 is 1.60. The number of aldehydes is 1. The van der Waals surface area contributed by atoms with Crippen LogP contribution in [0.1, 0.15) is 16.8 Å². The highest BCUT2D eigenvalue weighted by Crippen LogP contribution is 2.18. The molecule has 5 heteroatoms. The number of rotatable bonds is 6. The number of thioether (sulfide) groups is 1. The fourth-order valence-electron chi connectivity index (χ4n) is 1.15. The Hall–Kier alpha value is -0.810. The van der Waals surface area contributed by atoms with Gasteiger partial charge >= 0.3 is 0 Å². The zero-order valence-corrected chi connectivity index (χ0v) is 10.7. The third-order valence-corrected chi connectivity index (χ3v) is 4.07. The van der Waals surface area contributed by atoms with Crippen LogP contribution in [0, 0.1) is 0 Å². The quantitative estimate of drug-likeness (QED) is 0.445. The average Bonchev–Trinajstić information content (AvgIpc) is 2.24. The molecule has 0 aliphatic heterocycles. The Balaban J connectivity index is 2.35. The van der Waals surface area contributed by atoms with Crippen molar-refractivity contribution in [2.45, 2.75) is 11.3 Å². The summed E-state index contributed by atoms with van der Waals surface area (Å²) in [5.41, 5.74) is 0.653. The Bertz CT molecular complexity index is 435. The van der Waals surface area contributed by atoms with E-state index >= 15 is 0 Å². The van der Waals surface area contributed by atoms with Crippen LogP contribution in [0.4, 0.5) is 0 Å². The second-order valence-electron chi connectivity index (χ2n) is 3.52. The van der Waals surface area contributed by atoms with Crippen LogP contribution < -0.4 is 0 Å². The van der Waals surface area contributed by atoms with Gasteiger partial charge < -0.3 is 0 Å². The molecule has 0 aromatic heterocycles. The first-order valence-corrected chi connectivity index (χ1v) is 7.91. The van der Waals surface area contributed by atoms with E-state index in [4.69, 9.17) is 0 Å². The lowest BCUT2D eigenvalue weighted by Gasteiger charge is -2.01. The molecule has 0 bridgehead atoms. The summed E-state index contributed by atoms with van der Waals surface area (Å²) < 4.78 is 21.8. The van der Waals surface area contributed by atoms with E-state index in [1.54, 1.807) is 23.9 Å². The summed E-state index contributed by atoms with van der Waals surface area (Å²) in [6, 6.07) is 7.25. The first kappa shape index (κ1) is 13.3. The lowest BCUT2D eigenvalue weighted by molar-refractivity contribution is 0.112. The van der Waals surface area contributed by atoms with E-state index in [0.29, 0.717) is 12.0 Å². The van der Waals surface area contributed by atoms with Crippen molar-refractivity contribution in [1.29, 1.82) is 0 Å². The predicted octanol–water partition coefficient (Wildman–Crippen LogP) is 2.03. The van der Waals surface area contributed by atoms with Crippen molar-refractivity contribution < 1.29 is 13.2 Å². The lowest BCUT2D eigenvalue weighted by Crippen LogP contribution is -2.03. The molecule has 88 valence electrons. The van der Waals surface area contributed by atoms with Gasteiger partial charge in [-0.1, -0.05) is 12.1 Å². The number of carbonyl (C=O) groups is 1. The molecule has 0 saturated carbocycles. The summed E-state index contributed by atoms with van der Waals surface area (Å²) in [6.45, 7) is 0. The van der Waals surface area contributed by atoms with Gasteiger partial charge in [0.15, 0.2) is 0 Å². The summed E-state index contributed by atoms with van der Waals surface area (Å²) in [7, 11) is -2.85. The summed E-state index contributed by atoms with van der Waals surface area (Å²) in [4.78, 5) is 11.5. The molecule has 3 nitrogen and oxygen atoms in total. The van der Waals surface area contributed by atoms with Crippen molar-refractivity contribution in [3.8, 4) is 0 Å². The molecule has 0 radical (unpaired) electrons. The highest BCUT2D eigenvalue weighted by atomic mass is 32.2. The molecule has 0 fully saturated rings. The molecule has 1 rings (SSSR count). The Kier molecular flexibility index (Phi) is 5.02. The van der Waals surface area contributed by atoms with Gasteiger partial charge in [-0.25, -0.2) is 8.42 Å². The summed E-state index contributed by atoms with van der Waals surface area (Å²) in [6.07, 6.45) is 2.70. The Morgan fingerprint density at radius 3 is 2.38 bits per heavy atom. The molecular weight excluding hydrogens is 244 g/mol. The fourth-order valence-corrected chi connectivity index (χ4v) is 2.86. The van der Waals surface area contributed by atoms with Gasteiger partial charge in [0, 0.05) is 16.7 Å². The molecule has 0 atom stereocenters. The molecule has 0 saturated heterocycles. The summed E-state index contributed by atoms with van der Waals surface area (Å²) in [5, 5.41) is 0. The van der Waals surface area contributed by atoms with Crippen molar-refractivity contribution in [1.82, 2.24) is 0 Å². The minimum atomic E-state index is -2.85. The molecule has 0 N–H and O–H groups in total. The predicted molar refractivity (Wildman–Crippen MR) is 66.9 cm³/mol. The van der Waals surface area contributed by atoms with E-state index in [9.17, 15) is 13.2 Å². The second-order valence-corrected chi connectivity index (χ2v) is 6.95. The minimum absolute atomic E-state index is 0.229. The number of benzene rings is 1. The smallest absolute Gasteiger partial charge is 0.150 e. The average molecular weight is 258 g/mol. The third-order valence-electron chi connectivity index (χ3n) is 1.94. The highest BCUT2D eigenvalue weighted by molar-refractivity contribution is 7.99. The molecule has 0 amide bonds. The van der Waals surface area contributed by atoms with Crippen molar-refractivity contribution in [2.75, 3.05) is 17.8 Å². The van der Waals surface area contributed by atoms with Gasteiger partial charge in [0.05, 0.1) is 5.75 Å². The van der Waals surface area contributed by atoms with Gasteiger partial charge in [-0.15, -0.1) is 11.8 Å². The standard InChI is InChI=1S/C11H14O3S2/c1-16(13,14)8-2-7-15-11-5-3-10(9-12)4-6-11/h3-6,9H,2,7-8H2,1H3. The molecule has 0 aliphatic carbocycles. The maximum atomic E-state index is 10.9.